The van der Waals surface area contributed by atoms with Crippen molar-refractivity contribution in [2.45, 2.75) is 6.54 Å². The summed E-state index contributed by atoms with van der Waals surface area (Å²) in [7, 11) is 0. The van der Waals surface area contributed by atoms with Gasteiger partial charge in [0, 0.05) is 0 Å². The zero-order valence-corrected chi connectivity index (χ0v) is 12.5. The van der Waals surface area contributed by atoms with Crippen molar-refractivity contribution >= 4 is 22.6 Å². The van der Waals surface area contributed by atoms with Crippen molar-refractivity contribution in [1.82, 2.24) is 19.2 Å². The standard InChI is InChI=1S/C17H12N4O3/c22-15-13-8-12(16(23)24)6-7-14(13)21-10-18-19-17(21)20(15)9-11-4-2-1-3-5-11/h1-8,10H,9H2,(H,23,24). The molecule has 2 aromatic heterocycles. The number of rotatable bonds is 3. The Balaban J connectivity index is 2.03. The van der Waals surface area contributed by atoms with Gasteiger partial charge in [-0.2, -0.15) is 0 Å². The molecule has 0 aliphatic rings. The molecule has 0 bridgehead atoms. The highest BCUT2D eigenvalue weighted by Gasteiger charge is 2.14. The van der Waals surface area contributed by atoms with E-state index >= 15 is 0 Å². The molecule has 0 saturated carbocycles. The van der Waals surface area contributed by atoms with Gasteiger partial charge in [0.2, 0.25) is 5.78 Å². The molecule has 0 fully saturated rings. The van der Waals surface area contributed by atoms with Gasteiger partial charge in [-0.3, -0.25) is 13.8 Å². The maximum atomic E-state index is 12.9. The minimum atomic E-state index is -1.07. The molecule has 7 nitrogen and oxygen atoms in total. The zero-order chi connectivity index (χ0) is 16.7. The van der Waals surface area contributed by atoms with E-state index in [-0.39, 0.29) is 11.1 Å². The topological polar surface area (TPSA) is 89.5 Å². The van der Waals surface area contributed by atoms with Crippen LogP contribution < -0.4 is 5.56 Å². The minimum absolute atomic E-state index is 0.0679. The molecule has 0 aliphatic heterocycles. The highest BCUT2D eigenvalue weighted by atomic mass is 16.4. The second kappa shape index (κ2) is 5.31. The molecule has 0 saturated heterocycles. The Morgan fingerprint density at radius 1 is 1.12 bits per heavy atom. The largest absolute Gasteiger partial charge is 0.478 e. The summed E-state index contributed by atoms with van der Waals surface area (Å²) in [6, 6.07) is 14.0. The van der Waals surface area contributed by atoms with E-state index in [9.17, 15) is 14.7 Å². The van der Waals surface area contributed by atoms with Gasteiger partial charge in [0.05, 0.1) is 23.0 Å². The second-order valence-electron chi connectivity index (χ2n) is 5.41. The van der Waals surface area contributed by atoms with Gasteiger partial charge in [0.1, 0.15) is 6.33 Å². The van der Waals surface area contributed by atoms with Crippen molar-refractivity contribution in [3.63, 3.8) is 0 Å². The Bertz CT molecular complexity index is 1130. The summed E-state index contributed by atoms with van der Waals surface area (Å²) in [6.45, 7) is 0.328. The van der Waals surface area contributed by atoms with E-state index in [1.807, 2.05) is 30.3 Å². The lowest BCUT2D eigenvalue weighted by atomic mass is 10.1. The van der Waals surface area contributed by atoms with E-state index in [1.54, 1.807) is 10.5 Å². The summed E-state index contributed by atoms with van der Waals surface area (Å²) in [4.78, 5) is 24.1. The molecule has 2 heterocycles. The van der Waals surface area contributed by atoms with E-state index < -0.39 is 5.97 Å². The average Bonchev–Trinajstić information content (AvgIpc) is 3.08. The van der Waals surface area contributed by atoms with Gasteiger partial charge in [-0.1, -0.05) is 30.3 Å². The molecule has 118 valence electrons. The van der Waals surface area contributed by atoms with Crippen LogP contribution in [0, 0.1) is 0 Å². The summed E-state index contributed by atoms with van der Waals surface area (Å²) in [5.74, 6) is -0.658. The lowest BCUT2D eigenvalue weighted by Crippen LogP contribution is -2.24. The first-order chi connectivity index (χ1) is 11.6. The Kier molecular flexibility index (Phi) is 3.13. The number of fused-ring (bicyclic) bond motifs is 3. The van der Waals surface area contributed by atoms with E-state index in [4.69, 9.17) is 0 Å². The number of aromatic carboxylic acids is 1. The van der Waals surface area contributed by atoms with Gasteiger partial charge in [0.15, 0.2) is 0 Å². The average molecular weight is 320 g/mol. The summed E-state index contributed by atoms with van der Waals surface area (Å²) in [6.07, 6.45) is 1.51. The molecule has 1 N–H and O–H groups in total. The third kappa shape index (κ3) is 2.14. The smallest absolute Gasteiger partial charge is 0.335 e. The Hall–Kier alpha value is -3.48. The van der Waals surface area contributed by atoms with E-state index in [0.29, 0.717) is 23.2 Å². The van der Waals surface area contributed by atoms with Gasteiger partial charge in [0.25, 0.3) is 5.56 Å². The lowest BCUT2D eigenvalue weighted by molar-refractivity contribution is 0.0697. The number of carboxylic acids is 1. The molecule has 4 aromatic rings. The summed E-state index contributed by atoms with van der Waals surface area (Å²) in [5.41, 5.74) is 1.29. The highest BCUT2D eigenvalue weighted by molar-refractivity contribution is 5.93. The molecule has 0 spiro atoms. The lowest BCUT2D eigenvalue weighted by Gasteiger charge is -2.10. The Labute approximate surface area is 135 Å². The predicted molar refractivity (Wildman–Crippen MR) is 87.3 cm³/mol. The Morgan fingerprint density at radius 2 is 1.92 bits per heavy atom. The van der Waals surface area contributed by atoms with Crippen LogP contribution in [-0.2, 0) is 6.54 Å². The van der Waals surface area contributed by atoms with Gasteiger partial charge >= 0.3 is 5.97 Å². The summed E-state index contributed by atoms with van der Waals surface area (Å²) >= 11 is 0. The van der Waals surface area contributed by atoms with Crippen molar-refractivity contribution in [3.05, 3.63) is 76.3 Å². The van der Waals surface area contributed by atoms with Crippen LogP contribution in [0.3, 0.4) is 0 Å². The van der Waals surface area contributed by atoms with Crippen molar-refractivity contribution in [1.29, 1.82) is 0 Å². The SMILES string of the molecule is O=C(O)c1ccc2c(c1)c(=O)n(Cc1ccccc1)c1nncn21. The first-order valence-electron chi connectivity index (χ1n) is 7.28. The Morgan fingerprint density at radius 3 is 2.67 bits per heavy atom. The molecular weight excluding hydrogens is 308 g/mol. The zero-order valence-electron chi connectivity index (χ0n) is 12.5. The first-order valence-corrected chi connectivity index (χ1v) is 7.28. The molecule has 0 atom stereocenters. The van der Waals surface area contributed by atoms with Crippen LogP contribution in [0.25, 0.3) is 16.7 Å². The molecule has 4 rings (SSSR count). The molecule has 24 heavy (non-hydrogen) atoms. The quantitative estimate of drug-likeness (QED) is 0.621. The van der Waals surface area contributed by atoms with Gasteiger partial charge in [-0.05, 0) is 23.8 Å². The number of aromatic nitrogens is 4. The van der Waals surface area contributed by atoms with Crippen molar-refractivity contribution in [2.75, 3.05) is 0 Å². The van der Waals surface area contributed by atoms with Crippen molar-refractivity contribution < 1.29 is 9.90 Å². The van der Waals surface area contributed by atoms with Gasteiger partial charge in [-0.15, -0.1) is 10.2 Å². The summed E-state index contributed by atoms with van der Waals surface area (Å²) in [5, 5.41) is 17.4. The molecule has 2 aromatic carbocycles. The fourth-order valence-corrected chi connectivity index (χ4v) is 2.78. The van der Waals surface area contributed by atoms with Crippen LogP contribution >= 0.6 is 0 Å². The molecular formula is C17H12N4O3. The van der Waals surface area contributed by atoms with Crippen LogP contribution in [0.4, 0.5) is 0 Å². The number of benzene rings is 2. The molecule has 0 radical (unpaired) electrons. The molecule has 0 unspecified atom stereocenters. The van der Waals surface area contributed by atoms with Crippen LogP contribution in [0.1, 0.15) is 15.9 Å². The van der Waals surface area contributed by atoms with Crippen molar-refractivity contribution in [3.8, 4) is 0 Å². The molecule has 0 aliphatic carbocycles. The van der Waals surface area contributed by atoms with E-state index in [0.717, 1.165) is 5.56 Å². The monoisotopic (exact) mass is 320 g/mol. The van der Waals surface area contributed by atoms with Crippen LogP contribution in [0.5, 0.6) is 0 Å². The summed E-state index contributed by atoms with van der Waals surface area (Å²) < 4.78 is 3.18. The maximum Gasteiger partial charge on any atom is 0.335 e. The van der Waals surface area contributed by atoms with Crippen molar-refractivity contribution in [2.24, 2.45) is 0 Å². The maximum absolute atomic E-state index is 12.9. The first kappa shape index (κ1) is 14.1. The predicted octanol–water partition coefficient (Wildman–Crippen LogP) is 1.79. The highest BCUT2D eigenvalue weighted by Crippen LogP contribution is 2.15. The number of nitrogens with zero attached hydrogens (tertiary/aromatic N) is 4. The fraction of sp³-hybridized carbons (Fsp3) is 0.0588. The van der Waals surface area contributed by atoms with E-state index in [1.165, 1.54) is 23.0 Å². The third-order valence-corrected chi connectivity index (χ3v) is 3.93. The third-order valence-electron chi connectivity index (χ3n) is 3.93. The van der Waals surface area contributed by atoms with E-state index in [2.05, 4.69) is 10.2 Å². The van der Waals surface area contributed by atoms with Gasteiger partial charge in [-0.25, -0.2) is 4.79 Å². The fourth-order valence-electron chi connectivity index (χ4n) is 2.78. The normalized spacial score (nSPS) is 11.2. The molecule has 7 heteroatoms. The second-order valence-corrected chi connectivity index (χ2v) is 5.41. The number of carboxylic acid groups (broad SMARTS) is 1. The van der Waals surface area contributed by atoms with Crippen LogP contribution in [0.15, 0.2) is 59.7 Å². The molecule has 0 amide bonds. The van der Waals surface area contributed by atoms with Gasteiger partial charge < -0.3 is 5.11 Å². The van der Waals surface area contributed by atoms with Crippen LogP contribution in [-0.4, -0.2) is 30.2 Å². The minimum Gasteiger partial charge on any atom is -0.478 e. The number of hydrogen-bond acceptors (Lipinski definition) is 4. The number of hydrogen-bond donors (Lipinski definition) is 1. The number of carbonyl (C=O) groups is 1. The van der Waals surface area contributed by atoms with Crippen LogP contribution in [0.2, 0.25) is 0 Å².